The number of benzene rings is 1. The second kappa shape index (κ2) is 7.59. The predicted molar refractivity (Wildman–Crippen MR) is 94.5 cm³/mol. The molecule has 0 spiro atoms. The van der Waals surface area contributed by atoms with Crippen molar-refractivity contribution in [3.63, 3.8) is 0 Å². The fraction of sp³-hybridized carbons (Fsp3) is 0.529. The van der Waals surface area contributed by atoms with Gasteiger partial charge in [-0.2, -0.15) is 0 Å². The number of anilines is 1. The van der Waals surface area contributed by atoms with Gasteiger partial charge in [0, 0.05) is 32.2 Å². The molecular weight excluding hydrogens is 342 g/mol. The molecule has 1 saturated heterocycles. The van der Waals surface area contributed by atoms with Crippen LogP contribution in [-0.2, 0) is 9.47 Å². The number of rotatable bonds is 3. The molecule has 0 aliphatic carbocycles. The molecule has 1 fully saturated rings. The first-order valence-electron chi connectivity index (χ1n) is 8.22. The van der Waals surface area contributed by atoms with Crippen molar-refractivity contribution in [2.75, 3.05) is 38.2 Å². The molecule has 2 rings (SSSR count). The van der Waals surface area contributed by atoms with Crippen LogP contribution in [0.4, 0.5) is 16.2 Å². The molecule has 9 heteroatoms. The van der Waals surface area contributed by atoms with Gasteiger partial charge in [0.05, 0.1) is 17.6 Å². The molecule has 9 nitrogen and oxygen atoms in total. The molecule has 1 aromatic carbocycles. The average molecular weight is 365 g/mol. The second-order valence-corrected chi connectivity index (χ2v) is 6.91. The smallest absolute Gasteiger partial charge is 0.410 e. The van der Waals surface area contributed by atoms with Crippen LogP contribution in [0.1, 0.15) is 31.1 Å². The predicted octanol–water partition coefficient (Wildman–Crippen LogP) is 2.44. The molecule has 1 aliphatic rings. The zero-order valence-electron chi connectivity index (χ0n) is 15.4. The number of amides is 1. The lowest BCUT2D eigenvalue weighted by Gasteiger charge is -2.36. The Kier molecular flexibility index (Phi) is 5.69. The van der Waals surface area contributed by atoms with E-state index in [4.69, 9.17) is 4.74 Å². The zero-order chi connectivity index (χ0) is 19.5. The minimum Gasteiger partial charge on any atom is -0.465 e. The van der Waals surface area contributed by atoms with Crippen molar-refractivity contribution in [2.45, 2.75) is 26.4 Å². The van der Waals surface area contributed by atoms with Crippen LogP contribution in [0.5, 0.6) is 0 Å². The van der Waals surface area contributed by atoms with Crippen LogP contribution >= 0.6 is 0 Å². The van der Waals surface area contributed by atoms with Crippen LogP contribution in [-0.4, -0.2) is 60.8 Å². The standard InChI is InChI=1S/C17H23N3O6/c1-17(2,3)26-16(22)19-9-7-18(8-10-19)14-11-12(15(21)25-4)5-6-13(14)20(23)24/h5-6,11H,7-10H2,1-4H3. The Labute approximate surface area is 151 Å². The summed E-state index contributed by atoms with van der Waals surface area (Å²) in [6, 6.07) is 4.11. The lowest BCUT2D eigenvalue weighted by molar-refractivity contribution is -0.384. The largest absolute Gasteiger partial charge is 0.465 e. The fourth-order valence-corrected chi connectivity index (χ4v) is 2.63. The molecule has 26 heavy (non-hydrogen) atoms. The van der Waals surface area contributed by atoms with Crippen LogP contribution in [0.15, 0.2) is 18.2 Å². The molecule has 0 atom stereocenters. The number of esters is 1. The minimum absolute atomic E-state index is 0.0941. The van der Waals surface area contributed by atoms with E-state index in [0.29, 0.717) is 31.9 Å². The summed E-state index contributed by atoms with van der Waals surface area (Å²) in [7, 11) is 1.25. The SMILES string of the molecule is COC(=O)c1ccc([N+](=O)[O-])c(N2CCN(C(=O)OC(C)(C)C)CC2)c1. The number of methoxy groups -OCH3 is 1. The first-order chi connectivity index (χ1) is 12.1. The number of hydrogen-bond acceptors (Lipinski definition) is 7. The normalized spacial score (nSPS) is 14.8. The van der Waals surface area contributed by atoms with Gasteiger partial charge in [0.25, 0.3) is 5.69 Å². The topological polar surface area (TPSA) is 102 Å². The van der Waals surface area contributed by atoms with Crippen LogP contribution in [0.3, 0.4) is 0 Å². The van der Waals surface area contributed by atoms with E-state index >= 15 is 0 Å². The van der Waals surface area contributed by atoms with Gasteiger partial charge < -0.3 is 19.3 Å². The molecule has 0 bridgehead atoms. The number of nitro benzene ring substituents is 1. The summed E-state index contributed by atoms with van der Waals surface area (Å²) >= 11 is 0. The molecule has 0 unspecified atom stereocenters. The highest BCUT2D eigenvalue weighted by Gasteiger charge is 2.29. The summed E-state index contributed by atoms with van der Waals surface area (Å²) in [4.78, 5) is 38.0. The molecule has 1 aliphatic heterocycles. The van der Waals surface area contributed by atoms with Crippen LogP contribution in [0.2, 0.25) is 0 Å². The zero-order valence-corrected chi connectivity index (χ0v) is 15.4. The van der Waals surface area contributed by atoms with E-state index in [0.717, 1.165) is 0 Å². The maximum absolute atomic E-state index is 12.1. The summed E-state index contributed by atoms with van der Waals surface area (Å²) in [6.45, 7) is 6.91. The number of ether oxygens (including phenoxy) is 2. The van der Waals surface area contributed by atoms with Crippen molar-refractivity contribution in [3.05, 3.63) is 33.9 Å². The van der Waals surface area contributed by atoms with Crippen molar-refractivity contribution in [3.8, 4) is 0 Å². The summed E-state index contributed by atoms with van der Waals surface area (Å²) in [5, 5.41) is 11.3. The number of carbonyl (C=O) groups is 2. The molecule has 1 heterocycles. The van der Waals surface area contributed by atoms with Gasteiger partial charge in [0.15, 0.2) is 0 Å². The van der Waals surface area contributed by atoms with E-state index in [2.05, 4.69) is 4.74 Å². The molecule has 142 valence electrons. The monoisotopic (exact) mass is 365 g/mol. The van der Waals surface area contributed by atoms with Crippen molar-refractivity contribution in [1.29, 1.82) is 0 Å². The molecule has 0 saturated carbocycles. The number of nitrogens with zero attached hydrogens (tertiary/aromatic N) is 3. The maximum Gasteiger partial charge on any atom is 0.410 e. The van der Waals surface area contributed by atoms with Crippen molar-refractivity contribution < 1.29 is 24.0 Å². The third-order valence-corrected chi connectivity index (χ3v) is 3.87. The lowest BCUT2D eigenvalue weighted by Crippen LogP contribution is -2.50. The Balaban J connectivity index is 2.16. The maximum atomic E-state index is 12.1. The van der Waals surface area contributed by atoms with Gasteiger partial charge in [-0.25, -0.2) is 9.59 Å². The highest BCUT2D eigenvalue weighted by Crippen LogP contribution is 2.30. The first-order valence-corrected chi connectivity index (χ1v) is 8.22. The van der Waals surface area contributed by atoms with Crippen molar-refractivity contribution >= 4 is 23.4 Å². The van der Waals surface area contributed by atoms with E-state index in [1.165, 1.54) is 25.3 Å². The van der Waals surface area contributed by atoms with Crippen molar-refractivity contribution in [2.24, 2.45) is 0 Å². The average Bonchev–Trinajstić information content (AvgIpc) is 2.59. The lowest BCUT2D eigenvalue weighted by atomic mass is 10.1. The van der Waals surface area contributed by atoms with Gasteiger partial charge in [0.2, 0.25) is 0 Å². The van der Waals surface area contributed by atoms with E-state index in [1.807, 2.05) is 0 Å². The fourth-order valence-electron chi connectivity index (χ4n) is 2.63. The van der Waals surface area contributed by atoms with E-state index in [9.17, 15) is 19.7 Å². The summed E-state index contributed by atoms with van der Waals surface area (Å²) in [5.74, 6) is -0.562. The molecule has 0 N–H and O–H groups in total. The Bertz CT molecular complexity index is 705. The third kappa shape index (κ3) is 4.62. The van der Waals surface area contributed by atoms with Crippen molar-refractivity contribution in [1.82, 2.24) is 4.90 Å². The highest BCUT2D eigenvalue weighted by atomic mass is 16.6. The molecule has 0 radical (unpaired) electrons. The number of carbonyl (C=O) groups excluding carboxylic acids is 2. The van der Waals surface area contributed by atoms with Gasteiger partial charge in [-0.05, 0) is 32.9 Å². The number of hydrogen-bond donors (Lipinski definition) is 0. The summed E-state index contributed by atoms with van der Waals surface area (Å²) in [6.07, 6.45) is -0.407. The molecule has 0 aromatic heterocycles. The third-order valence-electron chi connectivity index (χ3n) is 3.87. The number of nitro groups is 1. The van der Waals surface area contributed by atoms with Gasteiger partial charge in [-0.15, -0.1) is 0 Å². The Morgan fingerprint density at radius 2 is 1.77 bits per heavy atom. The molecular formula is C17H23N3O6. The highest BCUT2D eigenvalue weighted by molar-refractivity contribution is 5.91. The Morgan fingerprint density at radius 1 is 1.15 bits per heavy atom. The summed E-state index contributed by atoms with van der Waals surface area (Å²) in [5.41, 5.74) is -0.102. The van der Waals surface area contributed by atoms with Gasteiger partial charge in [-0.3, -0.25) is 10.1 Å². The minimum atomic E-state index is -0.581. The van der Waals surface area contributed by atoms with E-state index < -0.39 is 22.6 Å². The van der Waals surface area contributed by atoms with Gasteiger partial charge in [-0.1, -0.05) is 0 Å². The van der Waals surface area contributed by atoms with Gasteiger partial charge >= 0.3 is 12.1 Å². The van der Waals surface area contributed by atoms with Gasteiger partial charge in [0.1, 0.15) is 11.3 Å². The van der Waals surface area contributed by atoms with E-state index in [1.54, 1.807) is 30.6 Å². The van der Waals surface area contributed by atoms with Crippen LogP contribution in [0.25, 0.3) is 0 Å². The Hall–Kier alpha value is -2.84. The summed E-state index contributed by atoms with van der Waals surface area (Å²) < 4.78 is 10.0. The molecule has 1 aromatic rings. The number of piperazine rings is 1. The Morgan fingerprint density at radius 3 is 2.27 bits per heavy atom. The molecule has 1 amide bonds. The van der Waals surface area contributed by atoms with Crippen LogP contribution < -0.4 is 4.90 Å². The van der Waals surface area contributed by atoms with Crippen LogP contribution in [0, 0.1) is 10.1 Å². The van der Waals surface area contributed by atoms with E-state index in [-0.39, 0.29) is 11.3 Å². The second-order valence-electron chi connectivity index (χ2n) is 6.91. The first kappa shape index (κ1) is 19.5. The quantitative estimate of drug-likeness (QED) is 0.460.